The lowest BCUT2D eigenvalue weighted by Gasteiger charge is -2.14. The first-order valence-corrected chi connectivity index (χ1v) is 6.53. The zero-order valence-electron chi connectivity index (χ0n) is 11.0. The van der Waals surface area contributed by atoms with Gasteiger partial charge in [0.15, 0.2) is 6.61 Å². The Morgan fingerprint density at radius 1 is 1.44 bits per heavy atom. The molecule has 1 aromatic rings. The van der Waals surface area contributed by atoms with E-state index in [2.05, 4.69) is 27.8 Å². The molecule has 0 saturated carbocycles. The fraction of sp³-hybridized carbons (Fsp3) is 0.357. The number of benzene rings is 1. The van der Waals surface area contributed by atoms with Crippen LogP contribution in [0.2, 0.25) is 0 Å². The molecule has 18 heavy (non-hydrogen) atoms. The third-order valence-corrected chi connectivity index (χ3v) is 3.98. The Bertz CT molecular complexity index is 469. The number of carbonyl (C=O) groups excluding carboxylic acids is 1. The van der Waals surface area contributed by atoms with Gasteiger partial charge >= 0.3 is 0 Å². The van der Waals surface area contributed by atoms with Crippen LogP contribution >= 0.6 is 15.9 Å². The van der Waals surface area contributed by atoms with Gasteiger partial charge in [0, 0.05) is 11.0 Å². The quantitative estimate of drug-likeness (QED) is 0.849. The second-order valence-corrected chi connectivity index (χ2v) is 4.93. The molecule has 0 aliphatic heterocycles. The summed E-state index contributed by atoms with van der Waals surface area (Å²) in [5.74, 6) is 0.606. The van der Waals surface area contributed by atoms with Crippen LogP contribution in [-0.2, 0) is 4.79 Å². The second-order valence-electron chi connectivity index (χ2n) is 4.14. The van der Waals surface area contributed by atoms with Crippen molar-refractivity contribution in [3.05, 3.63) is 39.9 Å². The van der Waals surface area contributed by atoms with Crippen molar-refractivity contribution in [2.75, 3.05) is 13.2 Å². The third kappa shape index (κ3) is 3.60. The topological polar surface area (TPSA) is 38.3 Å². The molecule has 0 aliphatic carbocycles. The number of nitrogens with one attached hydrogen (secondary N) is 1. The minimum atomic E-state index is -0.146. The molecule has 0 atom stereocenters. The van der Waals surface area contributed by atoms with Gasteiger partial charge in [0.2, 0.25) is 0 Å². The van der Waals surface area contributed by atoms with Crippen molar-refractivity contribution in [1.82, 2.24) is 5.32 Å². The van der Waals surface area contributed by atoms with Crippen LogP contribution in [0.5, 0.6) is 5.75 Å². The molecule has 3 nitrogen and oxygen atoms in total. The van der Waals surface area contributed by atoms with Crippen LogP contribution < -0.4 is 10.1 Å². The zero-order chi connectivity index (χ0) is 13.7. The maximum Gasteiger partial charge on any atom is 0.258 e. The van der Waals surface area contributed by atoms with Crippen molar-refractivity contribution in [3.63, 3.8) is 0 Å². The Labute approximate surface area is 116 Å². The molecule has 0 bridgehead atoms. The number of carbonyl (C=O) groups is 1. The summed E-state index contributed by atoms with van der Waals surface area (Å²) in [5, 5.41) is 2.67. The summed E-state index contributed by atoms with van der Waals surface area (Å²) in [6.07, 6.45) is 1.64. The van der Waals surface area contributed by atoms with E-state index in [-0.39, 0.29) is 12.5 Å². The summed E-state index contributed by atoms with van der Waals surface area (Å²) in [6, 6.07) is 1.94. The van der Waals surface area contributed by atoms with E-state index in [4.69, 9.17) is 4.74 Å². The average molecular weight is 312 g/mol. The van der Waals surface area contributed by atoms with Gasteiger partial charge in [0.25, 0.3) is 5.91 Å². The molecule has 1 N–H and O–H groups in total. The first kappa shape index (κ1) is 14.8. The summed E-state index contributed by atoms with van der Waals surface area (Å²) < 4.78 is 6.63. The smallest absolute Gasteiger partial charge is 0.258 e. The molecule has 98 valence electrons. The van der Waals surface area contributed by atoms with Gasteiger partial charge in [-0.15, -0.1) is 6.58 Å². The van der Waals surface area contributed by atoms with Gasteiger partial charge in [-0.1, -0.05) is 22.0 Å². The van der Waals surface area contributed by atoms with Gasteiger partial charge in [0.1, 0.15) is 5.75 Å². The largest absolute Gasteiger partial charge is 0.483 e. The van der Waals surface area contributed by atoms with Gasteiger partial charge in [-0.05, 0) is 43.5 Å². The van der Waals surface area contributed by atoms with Gasteiger partial charge in [-0.25, -0.2) is 0 Å². The van der Waals surface area contributed by atoms with Gasteiger partial charge in [-0.3, -0.25) is 4.79 Å². The van der Waals surface area contributed by atoms with E-state index in [9.17, 15) is 4.79 Å². The Morgan fingerprint density at radius 3 is 2.72 bits per heavy atom. The highest BCUT2D eigenvalue weighted by molar-refractivity contribution is 9.10. The van der Waals surface area contributed by atoms with Crippen molar-refractivity contribution < 1.29 is 9.53 Å². The summed E-state index contributed by atoms with van der Waals surface area (Å²) in [6.45, 7) is 10.0. The van der Waals surface area contributed by atoms with Crippen LogP contribution in [0, 0.1) is 20.8 Å². The Morgan fingerprint density at radius 2 is 2.11 bits per heavy atom. The molecular weight excluding hydrogens is 294 g/mol. The van der Waals surface area contributed by atoms with E-state index < -0.39 is 0 Å². The Kier molecular flexibility index (Phi) is 5.41. The lowest BCUT2D eigenvalue weighted by Crippen LogP contribution is -2.28. The number of hydrogen-bond donors (Lipinski definition) is 1. The van der Waals surface area contributed by atoms with E-state index in [0.717, 1.165) is 26.9 Å². The van der Waals surface area contributed by atoms with Gasteiger partial charge < -0.3 is 10.1 Å². The molecule has 0 saturated heterocycles. The summed E-state index contributed by atoms with van der Waals surface area (Å²) in [5.41, 5.74) is 3.28. The van der Waals surface area contributed by atoms with Crippen LogP contribution in [0.4, 0.5) is 0 Å². The summed E-state index contributed by atoms with van der Waals surface area (Å²) >= 11 is 3.53. The number of amides is 1. The lowest BCUT2D eigenvalue weighted by molar-refractivity contribution is -0.122. The van der Waals surface area contributed by atoms with Gasteiger partial charge in [0.05, 0.1) is 0 Å². The fourth-order valence-corrected chi connectivity index (χ4v) is 1.96. The molecule has 1 amide bonds. The van der Waals surface area contributed by atoms with Gasteiger partial charge in [-0.2, -0.15) is 0 Å². The average Bonchev–Trinajstić information content (AvgIpc) is 2.36. The maximum atomic E-state index is 11.4. The van der Waals surface area contributed by atoms with E-state index in [1.807, 2.05) is 26.8 Å². The van der Waals surface area contributed by atoms with Crippen LogP contribution in [0.3, 0.4) is 0 Å². The van der Waals surface area contributed by atoms with Crippen molar-refractivity contribution in [2.24, 2.45) is 0 Å². The minimum absolute atomic E-state index is 0.0230. The Balaban J connectivity index is 2.74. The van der Waals surface area contributed by atoms with Crippen molar-refractivity contribution in [3.8, 4) is 5.75 Å². The fourth-order valence-electron chi connectivity index (χ4n) is 1.54. The molecule has 0 aliphatic rings. The van der Waals surface area contributed by atoms with E-state index in [1.54, 1.807) is 6.08 Å². The van der Waals surface area contributed by atoms with Crippen molar-refractivity contribution in [2.45, 2.75) is 20.8 Å². The van der Waals surface area contributed by atoms with Crippen LogP contribution in [0.1, 0.15) is 16.7 Å². The van der Waals surface area contributed by atoms with Crippen molar-refractivity contribution in [1.29, 1.82) is 0 Å². The molecule has 1 aromatic carbocycles. The number of ether oxygens (including phenoxy) is 1. The highest BCUT2D eigenvalue weighted by atomic mass is 79.9. The summed E-state index contributed by atoms with van der Waals surface area (Å²) in [4.78, 5) is 11.4. The molecule has 0 unspecified atom stereocenters. The predicted molar refractivity (Wildman–Crippen MR) is 77.1 cm³/mol. The predicted octanol–water partition coefficient (Wildman–Crippen LogP) is 3.06. The van der Waals surface area contributed by atoms with Crippen LogP contribution in [0.25, 0.3) is 0 Å². The van der Waals surface area contributed by atoms with Crippen LogP contribution in [0.15, 0.2) is 23.2 Å². The Hall–Kier alpha value is -1.29. The molecular formula is C14H18BrNO2. The number of hydrogen-bond acceptors (Lipinski definition) is 2. The maximum absolute atomic E-state index is 11.4. The van der Waals surface area contributed by atoms with E-state index >= 15 is 0 Å². The van der Waals surface area contributed by atoms with E-state index in [0.29, 0.717) is 6.54 Å². The number of halogens is 1. The van der Waals surface area contributed by atoms with E-state index in [1.165, 1.54) is 0 Å². The molecule has 0 aromatic heterocycles. The second kappa shape index (κ2) is 6.59. The summed E-state index contributed by atoms with van der Waals surface area (Å²) in [7, 11) is 0. The third-order valence-electron chi connectivity index (χ3n) is 2.76. The molecule has 4 heteroatoms. The van der Waals surface area contributed by atoms with Crippen molar-refractivity contribution >= 4 is 21.8 Å². The normalized spacial score (nSPS) is 10.0. The molecule has 1 rings (SSSR count). The first-order chi connectivity index (χ1) is 8.47. The lowest BCUT2D eigenvalue weighted by atomic mass is 10.1. The highest BCUT2D eigenvalue weighted by Gasteiger charge is 2.10. The highest BCUT2D eigenvalue weighted by Crippen LogP contribution is 2.31. The van der Waals surface area contributed by atoms with Crippen LogP contribution in [-0.4, -0.2) is 19.1 Å². The number of rotatable bonds is 5. The zero-order valence-corrected chi connectivity index (χ0v) is 12.6. The number of aryl methyl sites for hydroxylation is 1. The first-order valence-electron chi connectivity index (χ1n) is 5.74. The molecule has 0 fully saturated rings. The minimum Gasteiger partial charge on any atom is -0.483 e. The molecule has 0 heterocycles. The standard InChI is InChI=1S/C14H18BrNO2/c1-5-6-16-13(17)8-18-12-7-9(2)14(15)11(4)10(12)3/h5,7H,1,6,8H2,2-4H3,(H,16,17). The molecule has 0 spiro atoms. The molecule has 0 radical (unpaired) electrons. The monoisotopic (exact) mass is 311 g/mol. The SMILES string of the molecule is C=CCNC(=O)COc1cc(C)c(Br)c(C)c1C.